The zero-order valence-corrected chi connectivity index (χ0v) is 21.5. The van der Waals surface area contributed by atoms with Gasteiger partial charge >= 0.3 is 0 Å². The van der Waals surface area contributed by atoms with E-state index in [1.54, 1.807) is 6.07 Å². The van der Waals surface area contributed by atoms with Crippen LogP contribution in [0.2, 0.25) is 5.02 Å². The van der Waals surface area contributed by atoms with Gasteiger partial charge in [0, 0.05) is 30.8 Å². The Morgan fingerprint density at radius 2 is 1.91 bits per heavy atom. The molecule has 35 heavy (non-hydrogen) atoms. The van der Waals surface area contributed by atoms with Gasteiger partial charge in [0.1, 0.15) is 42.8 Å². The highest BCUT2D eigenvalue weighted by atomic mass is 35.5. The molecule has 4 rings (SSSR count). The number of thioether (sulfide) groups is 1. The number of carbonyl (C=O) groups excluding carboxylic acids is 1. The van der Waals surface area contributed by atoms with Gasteiger partial charge in [-0.1, -0.05) is 18.5 Å². The minimum atomic E-state index is -2.60. The Bertz CT molecular complexity index is 1100. The van der Waals surface area contributed by atoms with Crippen LogP contribution >= 0.6 is 23.4 Å². The number of aryl methyl sites for hydroxylation is 1. The third-order valence-corrected chi connectivity index (χ3v) is 6.64. The molecule has 0 amide bonds. The Balaban J connectivity index is 0.00000103. The minimum Gasteiger partial charge on any atom is -0.486 e. The predicted molar refractivity (Wildman–Crippen MR) is 135 cm³/mol. The maximum absolute atomic E-state index is 12.5. The zero-order chi connectivity index (χ0) is 26.0. The number of nitrogens with zero attached hydrogens (tertiary/aromatic N) is 4. The molecule has 0 bridgehead atoms. The number of rotatable bonds is 7. The number of fused-ring (bicyclic) bond motifs is 1. The highest BCUT2D eigenvalue weighted by molar-refractivity contribution is 7.99. The second kappa shape index (κ2) is 13.6. The molecular weight excluding hydrogens is 500 g/mol. The van der Waals surface area contributed by atoms with Crippen LogP contribution in [0, 0.1) is 0 Å². The van der Waals surface area contributed by atoms with E-state index >= 15 is 0 Å². The number of ether oxygens (including phenoxy) is 2. The molecule has 1 aliphatic heterocycles. The van der Waals surface area contributed by atoms with Crippen molar-refractivity contribution < 1.29 is 23.0 Å². The number of carbonyl (C=O) groups is 1. The van der Waals surface area contributed by atoms with Crippen LogP contribution in [0.15, 0.2) is 24.4 Å². The Morgan fingerprint density at radius 3 is 2.57 bits per heavy atom. The molecule has 192 valence electrons. The van der Waals surface area contributed by atoms with E-state index in [1.165, 1.54) is 19.3 Å². The van der Waals surface area contributed by atoms with E-state index in [-0.39, 0.29) is 17.8 Å². The van der Waals surface area contributed by atoms with Gasteiger partial charge in [-0.3, -0.25) is 4.98 Å². The van der Waals surface area contributed by atoms with E-state index in [9.17, 15) is 8.78 Å². The van der Waals surface area contributed by atoms with E-state index in [4.69, 9.17) is 30.9 Å². The molecule has 0 aliphatic carbocycles. The van der Waals surface area contributed by atoms with E-state index in [0.29, 0.717) is 16.6 Å². The molecule has 2 N–H and O–H groups in total. The fourth-order valence-corrected chi connectivity index (χ4v) is 5.23. The maximum Gasteiger partial charge on any atom is 0.272 e. The molecule has 0 radical (unpaired) electrons. The molecule has 8 nitrogen and oxygen atoms in total. The minimum absolute atomic E-state index is 0.00783. The van der Waals surface area contributed by atoms with Crippen LogP contribution in [0.5, 0.6) is 11.6 Å². The van der Waals surface area contributed by atoms with Crippen molar-refractivity contribution in [1.29, 1.82) is 0 Å². The number of nitrogens with two attached hydrogens (primary N) is 1. The first-order valence-electron chi connectivity index (χ1n) is 10.8. The Kier molecular flexibility index (Phi) is 11.1. The van der Waals surface area contributed by atoms with Crippen molar-refractivity contribution in [2.24, 2.45) is 12.8 Å². The Hall–Kier alpha value is -2.50. The normalized spacial score (nSPS) is 14.5. The van der Waals surface area contributed by atoms with E-state index in [0.717, 1.165) is 41.3 Å². The van der Waals surface area contributed by atoms with Crippen LogP contribution in [-0.2, 0) is 23.9 Å². The smallest absolute Gasteiger partial charge is 0.272 e. The van der Waals surface area contributed by atoms with Gasteiger partial charge < -0.3 is 24.6 Å². The molecule has 0 spiro atoms. The number of imidazole rings is 1. The fourth-order valence-electron chi connectivity index (χ4n) is 3.69. The summed E-state index contributed by atoms with van der Waals surface area (Å²) in [6.45, 7) is 3.53. The molecule has 0 saturated carbocycles. The quantitative estimate of drug-likeness (QED) is 0.479. The van der Waals surface area contributed by atoms with Gasteiger partial charge in [0.05, 0.1) is 5.02 Å². The third-order valence-electron chi connectivity index (χ3n) is 5.45. The molecule has 0 unspecified atom stereocenters. The lowest BCUT2D eigenvalue weighted by Crippen LogP contribution is -2.30. The van der Waals surface area contributed by atoms with Crippen LogP contribution in [0.1, 0.15) is 31.3 Å². The summed E-state index contributed by atoms with van der Waals surface area (Å²) < 4.78 is 38.0. The lowest BCUT2D eigenvalue weighted by Gasteiger charge is -2.32. The molecule has 0 aromatic carbocycles. The maximum atomic E-state index is 12.5. The second-order valence-corrected chi connectivity index (χ2v) is 9.41. The number of aromatic nitrogens is 4. The van der Waals surface area contributed by atoms with Crippen LogP contribution in [0.4, 0.5) is 8.78 Å². The van der Waals surface area contributed by atoms with Gasteiger partial charge in [-0.25, -0.2) is 13.8 Å². The van der Waals surface area contributed by atoms with Gasteiger partial charge in [0.15, 0.2) is 5.65 Å². The molecule has 1 fully saturated rings. The van der Waals surface area contributed by atoms with Crippen molar-refractivity contribution in [3.63, 3.8) is 0 Å². The highest BCUT2D eigenvalue weighted by Gasteiger charge is 2.33. The summed E-state index contributed by atoms with van der Waals surface area (Å²) in [6, 6.07) is 5.07. The molecule has 1 saturated heterocycles. The van der Waals surface area contributed by atoms with E-state index in [1.807, 2.05) is 36.2 Å². The first-order chi connectivity index (χ1) is 16.9. The fraction of sp³-hybridized carbons (Fsp3) is 0.478. The zero-order valence-electron chi connectivity index (χ0n) is 20.0. The average molecular weight is 530 g/mol. The SMILES string of the molecule is C=O.CN.Cn1c(C2(C)CCSCC2)nc2ccc(OCc3ncc(Cl)cc3OCC(F)F)nc21. The number of pyridine rings is 2. The summed E-state index contributed by atoms with van der Waals surface area (Å²) in [4.78, 5) is 21.6. The molecular formula is C23H30ClF2N5O3S. The van der Waals surface area contributed by atoms with Crippen molar-refractivity contribution in [3.05, 3.63) is 40.9 Å². The van der Waals surface area contributed by atoms with Gasteiger partial charge in [-0.05, 0) is 37.5 Å². The second-order valence-electron chi connectivity index (χ2n) is 7.75. The molecule has 3 aromatic heterocycles. The summed E-state index contributed by atoms with van der Waals surface area (Å²) in [6.07, 6.45) is 0.993. The average Bonchev–Trinajstić information content (AvgIpc) is 3.21. The largest absolute Gasteiger partial charge is 0.486 e. The number of halogens is 3. The number of hydrogen-bond donors (Lipinski definition) is 1. The predicted octanol–water partition coefficient (Wildman–Crippen LogP) is 4.41. The van der Waals surface area contributed by atoms with Crippen molar-refractivity contribution in [1.82, 2.24) is 19.5 Å². The standard InChI is InChI=1S/C21H23ClF2N4O2S.CH5N.CH2O/c1-21(5-7-31-8-6-21)20-26-14-3-4-18(27-19(14)28(20)2)30-11-15-16(29-12-17(23)24)9-13(22)10-25-15;2*1-2/h3-4,9-10,17H,5-8,11-12H2,1-2H3;2H2,1H3;1H2. The van der Waals surface area contributed by atoms with Crippen LogP contribution in [-0.4, -0.2) is 57.9 Å². The molecule has 3 aromatic rings. The van der Waals surface area contributed by atoms with E-state index in [2.05, 4.69) is 22.6 Å². The summed E-state index contributed by atoms with van der Waals surface area (Å²) in [5.41, 5.74) is 6.45. The summed E-state index contributed by atoms with van der Waals surface area (Å²) in [5, 5.41) is 0.296. The van der Waals surface area contributed by atoms with Gasteiger partial charge in [-0.15, -0.1) is 0 Å². The van der Waals surface area contributed by atoms with Crippen molar-refractivity contribution >= 4 is 41.3 Å². The first-order valence-corrected chi connectivity index (χ1v) is 12.4. The molecule has 1 aliphatic rings. The van der Waals surface area contributed by atoms with Crippen molar-refractivity contribution in [2.75, 3.05) is 25.2 Å². The van der Waals surface area contributed by atoms with Crippen LogP contribution in [0.3, 0.4) is 0 Å². The van der Waals surface area contributed by atoms with Crippen molar-refractivity contribution in [3.8, 4) is 11.6 Å². The molecule has 0 atom stereocenters. The van der Waals surface area contributed by atoms with Crippen molar-refractivity contribution in [2.45, 2.75) is 38.2 Å². The number of hydrogen-bond acceptors (Lipinski definition) is 8. The van der Waals surface area contributed by atoms with Gasteiger partial charge in [0.25, 0.3) is 6.43 Å². The Morgan fingerprint density at radius 1 is 1.23 bits per heavy atom. The lowest BCUT2D eigenvalue weighted by molar-refractivity contribution is -0.0980. The monoisotopic (exact) mass is 529 g/mol. The summed E-state index contributed by atoms with van der Waals surface area (Å²) in [7, 11) is 3.48. The van der Waals surface area contributed by atoms with Gasteiger partial charge in [0.2, 0.25) is 5.88 Å². The molecule has 12 heteroatoms. The van der Waals surface area contributed by atoms with Crippen LogP contribution < -0.4 is 15.2 Å². The summed E-state index contributed by atoms with van der Waals surface area (Å²) >= 11 is 7.90. The highest BCUT2D eigenvalue weighted by Crippen LogP contribution is 2.38. The third kappa shape index (κ3) is 7.25. The summed E-state index contributed by atoms with van der Waals surface area (Å²) in [5.74, 6) is 3.86. The van der Waals surface area contributed by atoms with E-state index < -0.39 is 13.0 Å². The molecule has 4 heterocycles. The first kappa shape index (κ1) is 28.7. The van der Waals surface area contributed by atoms with Crippen LogP contribution in [0.25, 0.3) is 11.2 Å². The lowest BCUT2D eigenvalue weighted by atomic mass is 9.83. The number of alkyl halides is 2. The Labute approximate surface area is 212 Å². The van der Waals surface area contributed by atoms with Gasteiger partial charge in [-0.2, -0.15) is 16.7 Å². The topological polar surface area (TPSA) is 105 Å².